The standard InChI is InChI=1S/C75H134O6/c1-4-7-10-13-16-19-22-25-28-31-33-34-35-36-37-38-39-40-42-44-47-50-53-56-59-62-65-68-74(77)80-71-72(70-79-73(76)67-64-61-58-55-52-49-46-43-30-27-24-21-18-15-12-9-6-3)81-75(78)69-66-63-60-57-54-51-48-45-41-32-29-26-23-20-17-14-11-8-5-2/h9,12,17-18,20-21,26-27,29-30,41,45,72H,4-8,10-11,13-16,19,22-25,28,31-40,42-44,46-71H2,1-3H3/b12-9-,20-17-,21-18-,29-26-,30-27-,45-41-. The molecule has 470 valence electrons. The fourth-order valence-electron chi connectivity index (χ4n) is 10.4. The minimum Gasteiger partial charge on any atom is -0.462 e. The largest absolute Gasteiger partial charge is 0.462 e. The maximum atomic E-state index is 12.9. The number of ether oxygens (including phenoxy) is 3. The lowest BCUT2D eigenvalue weighted by Gasteiger charge is -2.18. The molecule has 0 aromatic rings. The summed E-state index contributed by atoms with van der Waals surface area (Å²) in [5.41, 5.74) is 0. The van der Waals surface area contributed by atoms with E-state index in [-0.39, 0.29) is 31.1 Å². The van der Waals surface area contributed by atoms with Crippen LogP contribution in [0.4, 0.5) is 0 Å². The third kappa shape index (κ3) is 67.5. The van der Waals surface area contributed by atoms with Crippen LogP contribution in [0.15, 0.2) is 72.9 Å². The van der Waals surface area contributed by atoms with Crippen LogP contribution in [-0.2, 0) is 28.6 Å². The van der Waals surface area contributed by atoms with Crippen molar-refractivity contribution in [3.63, 3.8) is 0 Å². The number of carbonyl (C=O) groups is 3. The van der Waals surface area contributed by atoms with E-state index >= 15 is 0 Å². The number of allylic oxidation sites excluding steroid dienone is 12. The van der Waals surface area contributed by atoms with Crippen LogP contribution in [0.2, 0.25) is 0 Å². The van der Waals surface area contributed by atoms with Crippen molar-refractivity contribution < 1.29 is 28.6 Å². The van der Waals surface area contributed by atoms with E-state index in [1.165, 1.54) is 218 Å². The number of hydrogen-bond donors (Lipinski definition) is 0. The molecular weight excluding hydrogens is 997 g/mol. The summed E-state index contributed by atoms with van der Waals surface area (Å²) in [6, 6.07) is 0. The average Bonchev–Trinajstić information content (AvgIpc) is 3.47. The molecule has 0 N–H and O–H groups in total. The fraction of sp³-hybridized carbons (Fsp3) is 0.800. The quantitative estimate of drug-likeness (QED) is 0.0261. The van der Waals surface area contributed by atoms with Gasteiger partial charge in [-0.25, -0.2) is 0 Å². The molecule has 0 heterocycles. The predicted octanol–water partition coefficient (Wildman–Crippen LogP) is 24.4. The summed E-state index contributed by atoms with van der Waals surface area (Å²) in [6.07, 6.45) is 90.7. The zero-order chi connectivity index (χ0) is 58.5. The Kier molecular flexibility index (Phi) is 66.6. The second-order valence-corrected chi connectivity index (χ2v) is 23.8. The first-order chi connectivity index (χ1) is 40.0. The molecular formula is C75H134O6. The molecule has 0 aromatic carbocycles. The molecule has 1 unspecified atom stereocenters. The summed E-state index contributed by atoms with van der Waals surface area (Å²) in [6.45, 7) is 6.54. The topological polar surface area (TPSA) is 78.9 Å². The van der Waals surface area contributed by atoms with Crippen LogP contribution in [-0.4, -0.2) is 37.2 Å². The average molecular weight is 1130 g/mol. The Morgan fingerprint density at radius 2 is 0.481 bits per heavy atom. The Labute approximate surface area is 503 Å². The van der Waals surface area contributed by atoms with E-state index < -0.39 is 6.10 Å². The molecule has 0 amide bonds. The molecule has 0 aliphatic rings. The Balaban J connectivity index is 4.30. The lowest BCUT2D eigenvalue weighted by molar-refractivity contribution is -0.167. The fourth-order valence-corrected chi connectivity index (χ4v) is 10.4. The van der Waals surface area contributed by atoms with Gasteiger partial charge in [0.05, 0.1) is 0 Å². The first kappa shape index (κ1) is 77.9. The number of carbonyl (C=O) groups excluding carboxylic acids is 3. The normalized spacial score (nSPS) is 12.5. The first-order valence-corrected chi connectivity index (χ1v) is 35.4. The molecule has 0 aliphatic heterocycles. The maximum absolute atomic E-state index is 12.9. The van der Waals surface area contributed by atoms with Crippen molar-refractivity contribution in [3.05, 3.63) is 72.9 Å². The van der Waals surface area contributed by atoms with Gasteiger partial charge in [-0.1, -0.05) is 331 Å². The monoisotopic (exact) mass is 1130 g/mol. The van der Waals surface area contributed by atoms with Crippen LogP contribution >= 0.6 is 0 Å². The molecule has 0 radical (unpaired) electrons. The highest BCUT2D eigenvalue weighted by Gasteiger charge is 2.19. The van der Waals surface area contributed by atoms with E-state index in [0.29, 0.717) is 19.3 Å². The number of hydrogen-bond acceptors (Lipinski definition) is 6. The van der Waals surface area contributed by atoms with Crippen LogP contribution in [0.25, 0.3) is 0 Å². The molecule has 6 nitrogen and oxygen atoms in total. The summed E-state index contributed by atoms with van der Waals surface area (Å²) in [5, 5.41) is 0. The van der Waals surface area contributed by atoms with Crippen LogP contribution in [0.1, 0.15) is 367 Å². The zero-order valence-electron chi connectivity index (χ0n) is 54.1. The minimum atomic E-state index is -0.788. The molecule has 0 aromatic heterocycles. The molecule has 0 rings (SSSR count). The summed E-state index contributed by atoms with van der Waals surface area (Å²) >= 11 is 0. The van der Waals surface area contributed by atoms with E-state index in [1.54, 1.807) is 0 Å². The molecule has 0 spiro atoms. The zero-order valence-corrected chi connectivity index (χ0v) is 54.1. The van der Waals surface area contributed by atoms with E-state index in [1.807, 2.05) is 0 Å². The van der Waals surface area contributed by atoms with Crippen LogP contribution in [0.3, 0.4) is 0 Å². The van der Waals surface area contributed by atoms with E-state index in [4.69, 9.17) is 14.2 Å². The van der Waals surface area contributed by atoms with E-state index in [0.717, 1.165) is 109 Å². The van der Waals surface area contributed by atoms with Gasteiger partial charge in [0.2, 0.25) is 0 Å². The lowest BCUT2D eigenvalue weighted by atomic mass is 10.0. The van der Waals surface area contributed by atoms with Gasteiger partial charge in [-0.2, -0.15) is 0 Å². The summed E-state index contributed by atoms with van der Waals surface area (Å²) in [4.78, 5) is 38.5. The molecule has 6 heteroatoms. The number of unbranched alkanes of at least 4 members (excludes halogenated alkanes) is 42. The van der Waals surface area contributed by atoms with E-state index in [2.05, 4.69) is 93.7 Å². The third-order valence-corrected chi connectivity index (χ3v) is 15.7. The predicted molar refractivity (Wildman–Crippen MR) is 353 cm³/mol. The Hall–Kier alpha value is -3.15. The van der Waals surface area contributed by atoms with Crippen molar-refractivity contribution in [1.82, 2.24) is 0 Å². The first-order valence-electron chi connectivity index (χ1n) is 35.4. The smallest absolute Gasteiger partial charge is 0.306 e. The molecule has 81 heavy (non-hydrogen) atoms. The minimum absolute atomic E-state index is 0.0809. The Bertz CT molecular complexity index is 1490. The van der Waals surface area contributed by atoms with Crippen molar-refractivity contribution in [3.8, 4) is 0 Å². The Morgan fingerprint density at radius 3 is 0.778 bits per heavy atom. The highest BCUT2D eigenvalue weighted by Crippen LogP contribution is 2.18. The Morgan fingerprint density at radius 1 is 0.259 bits per heavy atom. The SMILES string of the molecule is CC/C=C\C/C=C\C/C=C\CCCCCCCCCC(=O)OCC(COC(=O)CCCCCCCCCCCCCCCCCCCCCCCCCCCCC)OC(=O)CCCCCCCC/C=C\C/C=C\C/C=C\CCCCC. The van der Waals surface area contributed by atoms with Gasteiger partial charge in [-0.3, -0.25) is 14.4 Å². The van der Waals surface area contributed by atoms with Crippen LogP contribution in [0, 0.1) is 0 Å². The van der Waals surface area contributed by atoms with Crippen molar-refractivity contribution in [2.75, 3.05) is 13.2 Å². The van der Waals surface area contributed by atoms with Gasteiger partial charge in [0.25, 0.3) is 0 Å². The highest BCUT2D eigenvalue weighted by atomic mass is 16.6. The number of rotatable bonds is 65. The van der Waals surface area contributed by atoms with Crippen LogP contribution < -0.4 is 0 Å². The van der Waals surface area contributed by atoms with Gasteiger partial charge in [-0.15, -0.1) is 0 Å². The second-order valence-electron chi connectivity index (χ2n) is 23.8. The molecule has 0 fully saturated rings. The summed E-state index contributed by atoms with van der Waals surface area (Å²) in [5.74, 6) is -0.883. The van der Waals surface area contributed by atoms with Gasteiger partial charge in [0, 0.05) is 19.3 Å². The number of esters is 3. The van der Waals surface area contributed by atoms with Gasteiger partial charge >= 0.3 is 17.9 Å². The van der Waals surface area contributed by atoms with Crippen molar-refractivity contribution in [1.29, 1.82) is 0 Å². The second kappa shape index (κ2) is 69.3. The molecule has 1 atom stereocenters. The molecule has 0 saturated heterocycles. The lowest BCUT2D eigenvalue weighted by Crippen LogP contribution is -2.30. The maximum Gasteiger partial charge on any atom is 0.306 e. The molecule has 0 aliphatic carbocycles. The van der Waals surface area contributed by atoms with Crippen molar-refractivity contribution in [2.45, 2.75) is 374 Å². The molecule has 0 bridgehead atoms. The molecule has 0 saturated carbocycles. The summed E-state index contributed by atoms with van der Waals surface area (Å²) in [7, 11) is 0. The van der Waals surface area contributed by atoms with Gasteiger partial charge in [0.15, 0.2) is 6.10 Å². The van der Waals surface area contributed by atoms with Gasteiger partial charge < -0.3 is 14.2 Å². The van der Waals surface area contributed by atoms with Gasteiger partial charge in [0.1, 0.15) is 13.2 Å². The highest BCUT2D eigenvalue weighted by molar-refractivity contribution is 5.71. The van der Waals surface area contributed by atoms with E-state index in [9.17, 15) is 14.4 Å². The van der Waals surface area contributed by atoms with Gasteiger partial charge in [-0.05, 0) is 89.9 Å². The third-order valence-electron chi connectivity index (χ3n) is 15.7. The van der Waals surface area contributed by atoms with Crippen molar-refractivity contribution in [2.24, 2.45) is 0 Å². The van der Waals surface area contributed by atoms with Crippen molar-refractivity contribution >= 4 is 17.9 Å². The summed E-state index contributed by atoms with van der Waals surface area (Å²) < 4.78 is 17.0. The van der Waals surface area contributed by atoms with Crippen LogP contribution in [0.5, 0.6) is 0 Å².